The van der Waals surface area contributed by atoms with E-state index >= 15 is 0 Å². The second-order valence-corrected chi connectivity index (χ2v) is 2.95. The van der Waals surface area contributed by atoms with Gasteiger partial charge in [-0.3, -0.25) is 0 Å². The van der Waals surface area contributed by atoms with Crippen LogP contribution in [0.3, 0.4) is 0 Å². The summed E-state index contributed by atoms with van der Waals surface area (Å²) >= 11 is 5.55. The first kappa shape index (κ1) is 10.4. The van der Waals surface area contributed by atoms with Crippen molar-refractivity contribution in [2.75, 3.05) is 12.5 Å². The van der Waals surface area contributed by atoms with E-state index in [0.29, 0.717) is 12.4 Å². The SMILES string of the molecule is CCOc1ccccc1C(O)CCl. The van der Waals surface area contributed by atoms with Gasteiger partial charge < -0.3 is 9.84 Å². The van der Waals surface area contributed by atoms with E-state index in [9.17, 15) is 5.11 Å². The number of rotatable bonds is 4. The van der Waals surface area contributed by atoms with E-state index in [4.69, 9.17) is 16.3 Å². The lowest BCUT2D eigenvalue weighted by Gasteiger charge is -2.12. The van der Waals surface area contributed by atoms with E-state index in [1.165, 1.54) is 0 Å². The molecule has 0 radical (unpaired) electrons. The van der Waals surface area contributed by atoms with E-state index in [0.717, 1.165) is 5.56 Å². The number of para-hydroxylation sites is 1. The maximum Gasteiger partial charge on any atom is 0.125 e. The summed E-state index contributed by atoms with van der Waals surface area (Å²) in [7, 11) is 0. The van der Waals surface area contributed by atoms with Crippen molar-refractivity contribution in [1.29, 1.82) is 0 Å². The van der Waals surface area contributed by atoms with Crippen LogP contribution in [0.5, 0.6) is 5.75 Å². The Hall–Kier alpha value is -0.730. The van der Waals surface area contributed by atoms with E-state index in [1.54, 1.807) is 0 Å². The molecule has 0 aliphatic heterocycles. The van der Waals surface area contributed by atoms with E-state index in [-0.39, 0.29) is 5.88 Å². The Morgan fingerprint density at radius 2 is 2.15 bits per heavy atom. The van der Waals surface area contributed by atoms with Gasteiger partial charge in [0.05, 0.1) is 18.6 Å². The van der Waals surface area contributed by atoms with Crippen LogP contribution < -0.4 is 4.74 Å². The average Bonchev–Trinajstić information content (AvgIpc) is 2.18. The predicted molar refractivity (Wildman–Crippen MR) is 53.3 cm³/mol. The number of aliphatic hydroxyl groups is 1. The number of aliphatic hydroxyl groups excluding tert-OH is 1. The first-order chi connectivity index (χ1) is 6.29. The van der Waals surface area contributed by atoms with Crippen LogP contribution in [0.15, 0.2) is 24.3 Å². The summed E-state index contributed by atoms with van der Waals surface area (Å²) < 4.78 is 5.34. The average molecular weight is 201 g/mol. The molecule has 1 atom stereocenters. The molecule has 0 saturated carbocycles. The molecule has 72 valence electrons. The van der Waals surface area contributed by atoms with Crippen LogP contribution in [0.2, 0.25) is 0 Å². The van der Waals surface area contributed by atoms with Crippen molar-refractivity contribution in [3.8, 4) is 5.75 Å². The zero-order chi connectivity index (χ0) is 9.68. The lowest BCUT2D eigenvalue weighted by Crippen LogP contribution is -2.03. The Balaban J connectivity index is 2.90. The molecule has 13 heavy (non-hydrogen) atoms. The molecule has 1 unspecified atom stereocenters. The zero-order valence-corrected chi connectivity index (χ0v) is 8.29. The van der Waals surface area contributed by atoms with Crippen LogP contribution in [-0.2, 0) is 0 Å². The molecule has 0 aliphatic rings. The Bertz CT molecular complexity index is 263. The van der Waals surface area contributed by atoms with Crippen molar-refractivity contribution in [1.82, 2.24) is 0 Å². The molecule has 0 fully saturated rings. The van der Waals surface area contributed by atoms with Gasteiger partial charge in [0.2, 0.25) is 0 Å². The molecule has 0 saturated heterocycles. The maximum absolute atomic E-state index is 9.52. The highest BCUT2D eigenvalue weighted by atomic mass is 35.5. The summed E-state index contributed by atoms with van der Waals surface area (Å²) in [6, 6.07) is 7.37. The molecule has 1 rings (SSSR count). The molecule has 0 spiro atoms. The number of ether oxygens (including phenoxy) is 1. The number of hydrogen-bond donors (Lipinski definition) is 1. The fraction of sp³-hybridized carbons (Fsp3) is 0.400. The van der Waals surface area contributed by atoms with E-state index < -0.39 is 6.10 Å². The smallest absolute Gasteiger partial charge is 0.125 e. The van der Waals surface area contributed by atoms with Crippen molar-refractivity contribution in [2.24, 2.45) is 0 Å². The topological polar surface area (TPSA) is 29.5 Å². The normalized spacial score (nSPS) is 12.5. The molecule has 0 bridgehead atoms. The van der Waals surface area contributed by atoms with Gasteiger partial charge in [0.1, 0.15) is 5.75 Å². The summed E-state index contributed by atoms with van der Waals surface area (Å²) in [5.74, 6) is 0.891. The van der Waals surface area contributed by atoms with Gasteiger partial charge in [-0.2, -0.15) is 0 Å². The lowest BCUT2D eigenvalue weighted by atomic mass is 10.1. The minimum absolute atomic E-state index is 0.185. The third-order valence-corrected chi connectivity index (χ3v) is 2.02. The standard InChI is InChI=1S/C10H13ClO2/c1-2-13-10-6-4-3-5-8(10)9(12)7-11/h3-6,9,12H,2,7H2,1H3. The Morgan fingerprint density at radius 3 is 2.77 bits per heavy atom. The maximum atomic E-state index is 9.52. The Kier molecular flexibility index (Phi) is 4.06. The summed E-state index contributed by atoms with van der Waals surface area (Å²) in [6.45, 7) is 2.50. The molecule has 1 aromatic rings. The highest BCUT2D eigenvalue weighted by Gasteiger charge is 2.10. The fourth-order valence-electron chi connectivity index (χ4n) is 1.13. The molecule has 1 aromatic carbocycles. The van der Waals surface area contributed by atoms with Crippen molar-refractivity contribution >= 4 is 11.6 Å². The van der Waals surface area contributed by atoms with Crippen LogP contribution in [0, 0.1) is 0 Å². The third-order valence-electron chi connectivity index (χ3n) is 1.72. The molecule has 0 aromatic heterocycles. The fourth-order valence-corrected chi connectivity index (χ4v) is 1.29. The van der Waals surface area contributed by atoms with Crippen LogP contribution in [0.1, 0.15) is 18.6 Å². The third kappa shape index (κ3) is 2.61. The van der Waals surface area contributed by atoms with Crippen LogP contribution in [0.4, 0.5) is 0 Å². The van der Waals surface area contributed by atoms with Gasteiger partial charge in [-0.05, 0) is 13.0 Å². The zero-order valence-electron chi connectivity index (χ0n) is 7.53. The first-order valence-electron chi connectivity index (χ1n) is 4.25. The second-order valence-electron chi connectivity index (χ2n) is 2.64. The highest BCUT2D eigenvalue weighted by molar-refractivity contribution is 6.18. The summed E-state index contributed by atoms with van der Waals surface area (Å²) in [6.07, 6.45) is -0.649. The second kappa shape index (κ2) is 5.10. The molecule has 0 amide bonds. The van der Waals surface area contributed by atoms with Crippen molar-refractivity contribution < 1.29 is 9.84 Å². The van der Waals surface area contributed by atoms with Crippen LogP contribution in [0.25, 0.3) is 0 Å². The Morgan fingerprint density at radius 1 is 1.46 bits per heavy atom. The van der Waals surface area contributed by atoms with Crippen LogP contribution in [-0.4, -0.2) is 17.6 Å². The van der Waals surface area contributed by atoms with Crippen molar-refractivity contribution in [3.05, 3.63) is 29.8 Å². The van der Waals surface area contributed by atoms with Gasteiger partial charge in [-0.15, -0.1) is 11.6 Å². The minimum Gasteiger partial charge on any atom is -0.493 e. The molecular weight excluding hydrogens is 188 g/mol. The largest absolute Gasteiger partial charge is 0.493 e. The number of benzene rings is 1. The van der Waals surface area contributed by atoms with Gasteiger partial charge >= 0.3 is 0 Å². The van der Waals surface area contributed by atoms with Gasteiger partial charge in [-0.25, -0.2) is 0 Å². The number of hydrogen-bond acceptors (Lipinski definition) is 2. The van der Waals surface area contributed by atoms with Gasteiger partial charge in [0.15, 0.2) is 0 Å². The molecule has 1 N–H and O–H groups in total. The molecule has 0 heterocycles. The quantitative estimate of drug-likeness (QED) is 0.757. The number of alkyl halides is 1. The highest BCUT2D eigenvalue weighted by Crippen LogP contribution is 2.25. The first-order valence-corrected chi connectivity index (χ1v) is 4.78. The Labute approximate surface area is 83.1 Å². The summed E-state index contributed by atoms with van der Waals surface area (Å²) in [5.41, 5.74) is 0.749. The van der Waals surface area contributed by atoms with Gasteiger partial charge in [0, 0.05) is 5.56 Å². The molecule has 2 nitrogen and oxygen atoms in total. The molecule has 3 heteroatoms. The van der Waals surface area contributed by atoms with Gasteiger partial charge in [0.25, 0.3) is 0 Å². The summed E-state index contributed by atoms with van der Waals surface area (Å²) in [5, 5.41) is 9.52. The van der Waals surface area contributed by atoms with Crippen LogP contribution >= 0.6 is 11.6 Å². The lowest BCUT2D eigenvalue weighted by molar-refractivity contribution is 0.195. The molecule has 0 aliphatic carbocycles. The van der Waals surface area contributed by atoms with E-state index in [2.05, 4.69) is 0 Å². The number of halogens is 1. The molecular formula is C10H13ClO2. The van der Waals surface area contributed by atoms with Crippen molar-refractivity contribution in [3.63, 3.8) is 0 Å². The predicted octanol–water partition coefficient (Wildman–Crippen LogP) is 2.36. The minimum atomic E-state index is -0.649. The summed E-state index contributed by atoms with van der Waals surface area (Å²) in [4.78, 5) is 0. The van der Waals surface area contributed by atoms with Gasteiger partial charge in [-0.1, -0.05) is 18.2 Å². The monoisotopic (exact) mass is 200 g/mol. The van der Waals surface area contributed by atoms with Crippen molar-refractivity contribution in [2.45, 2.75) is 13.0 Å². The van der Waals surface area contributed by atoms with E-state index in [1.807, 2.05) is 31.2 Å².